The lowest BCUT2D eigenvalue weighted by Gasteiger charge is -2.27. The zero-order valence-corrected chi connectivity index (χ0v) is 28.6. The summed E-state index contributed by atoms with van der Waals surface area (Å²) in [4.78, 5) is 10.0. The Hall–Kier alpha value is -4.70. The van der Waals surface area contributed by atoms with E-state index in [2.05, 4.69) is 126 Å². The lowest BCUT2D eigenvalue weighted by Crippen LogP contribution is -2.17. The molecule has 0 aliphatic carbocycles. The van der Waals surface area contributed by atoms with Crippen LogP contribution in [0.25, 0.3) is 50.5 Å². The third kappa shape index (κ3) is 5.97. The molecule has 2 aromatic heterocycles. The normalized spacial score (nSPS) is 12.5. The second-order valence-electron chi connectivity index (χ2n) is 15.5. The number of rotatable bonds is 4. The Morgan fingerprint density at radius 3 is 1.78 bits per heavy atom. The first-order chi connectivity index (χ1) is 21.6. The molecule has 2 heterocycles. The van der Waals surface area contributed by atoms with Crippen LogP contribution in [0.15, 0.2) is 103 Å². The lowest BCUT2D eigenvalue weighted by molar-refractivity contribution is 0.477. The quantitative estimate of drug-likeness (QED) is 0.217. The fourth-order valence-electron chi connectivity index (χ4n) is 5.92. The molecule has 0 atom stereocenters. The number of para-hydroxylation sites is 1. The average molecular weight is 608 g/mol. The largest absolute Gasteiger partial charge is 0.507 e. The van der Waals surface area contributed by atoms with Gasteiger partial charge in [0.25, 0.3) is 0 Å². The molecule has 0 saturated heterocycles. The van der Waals surface area contributed by atoms with E-state index in [9.17, 15) is 5.11 Å². The number of benzene rings is 4. The van der Waals surface area contributed by atoms with Crippen LogP contribution in [0.2, 0.25) is 0 Å². The summed E-state index contributed by atoms with van der Waals surface area (Å²) in [7, 11) is 0. The zero-order chi connectivity index (χ0) is 33.0. The number of fused-ring (bicyclic) bond motifs is 1. The molecule has 4 heteroatoms. The predicted octanol–water partition coefficient (Wildman–Crippen LogP) is 11.0. The van der Waals surface area contributed by atoms with Crippen molar-refractivity contribution in [2.24, 2.45) is 0 Å². The molecular formula is C42H45N3O. The van der Waals surface area contributed by atoms with Gasteiger partial charge in [0.2, 0.25) is 0 Å². The lowest BCUT2D eigenvalue weighted by atomic mass is 9.80. The van der Waals surface area contributed by atoms with E-state index in [0.29, 0.717) is 11.4 Å². The van der Waals surface area contributed by atoms with Crippen molar-refractivity contribution in [2.45, 2.75) is 78.6 Å². The molecule has 46 heavy (non-hydrogen) atoms. The first-order valence-corrected chi connectivity index (χ1v) is 16.1. The summed E-state index contributed by atoms with van der Waals surface area (Å²) in [5, 5.41) is 11.2. The molecule has 0 bridgehead atoms. The minimum atomic E-state index is -0.116. The van der Waals surface area contributed by atoms with E-state index in [1.54, 1.807) is 6.07 Å². The van der Waals surface area contributed by atoms with E-state index >= 15 is 0 Å². The molecule has 0 fully saturated rings. The highest BCUT2D eigenvalue weighted by atomic mass is 16.3. The minimum absolute atomic E-state index is 0.0604. The van der Waals surface area contributed by atoms with Crippen LogP contribution in [0.1, 0.15) is 79.0 Å². The molecule has 0 aliphatic rings. The number of imidazole rings is 1. The summed E-state index contributed by atoms with van der Waals surface area (Å²) in [6.45, 7) is 20.3. The third-order valence-corrected chi connectivity index (χ3v) is 8.81. The van der Waals surface area contributed by atoms with Gasteiger partial charge in [-0.25, -0.2) is 4.98 Å². The highest BCUT2D eigenvalue weighted by Gasteiger charge is 2.26. The summed E-state index contributed by atoms with van der Waals surface area (Å²) < 4.78 is 2.26. The van der Waals surface area contributed by atoms with E-state index in [1.807, 2.05) is 42.6 Å². The van der Waals surface area contributed by atoms with Gasteiger partial charge in [-0.2, -0.15) is 0 Å². The van der Waals surface area contributed by atoms with Crippen molar-refractivity contribution in [3.05, 3.63) is 120 Å². The second kappa shape index (κ2) is 11.3. The van der Waals surface area contributed by atoms with Gasteiger partial charge in [0.05, 0.1) is 22.3 Å². The van der Waals surface area contributed by atoms with Crippen molar-refractivity contribution < 1.29 is 5.11 Å². The van der Waals surface area contributed by atoms with E-state index in [4.69, 9.17) is 4.98 Å². The molecular weight excluding hydrogens is 562 g/mol. The van der Waals surface area contributed by atoms with Crippen molar-refractivity contribution in [3.8, 4) is 45.2 Å². The van der Waals surface area contributed by atoms with Gasteiger partial charge < -0.3 is 5.11 Å². The van der Waals surface area contributed by atoms with Crippen LogP contribution < -0.4 is 0 Å². The van der Waals surface area contributed by atoms with Crippen LogP contribution >= 0.6 is 0 Å². The van der Waals surface area contributed by atoms with Crippen molar-refractivity contribution in [1.82, 2.24) is 14.5 Å². The monoisotopic (exact) mass is 607 g/mol. The van der Waals surface area contributed by atoms with Crippen LogP contribution in [-0.4, -0.2) is 19.6 Å². The fraction of sp³-hybridized carbons (Fsp3) is 0.286. The molecule has 6 rings (SSSR count). The Kier molecular flexibility index (Phi) is 7.67. The Morgan fingerprint density at radius 1 is 0.565 bits per heavy atom. The van der Waals surface area contributed by atoms with Crippen molar-refractivity contribution in [1.29, 1.82) is 0 Å². The number of phenols is 1. The topological polar surface area (TPSA) is 50.9 Å². The number of pyridine rings is 1. The Bertz CT molecular complexity index is 2020. The number of hydrogen-bond donors (Lipinski definition) is 1. The molecule has 4 aromatic carbocycles. The molecule has 0 amide bonds. The maximum absolute atomic E-state index is 11.2. The smallest absolute Gasteiger partial charge is 0.149 e. The van der Waals surface area contributed by atoms with Gasteiger partial charge >= 0.3 is 0 Å². The summed E-state index contributed by atoms with van der Waals surface area (Å²) in [5.41, 5.74) is 11.3. The molecule has 4 nitrogen and oxygen atoms in total. The van der Waals surface area contributed by atoms with Crippen LogP contribution in [0, 0.1) is 0 Å². The van der Waals surface area contributed by atoms with E-state index in [0.717, 1.165) is 39.1 Å². The van der Waals surface area contributed by atoms with Gasteiger partial charge in [-0.15, -0.1) is 0 Å². The summed E-state index contributed by atoms with van der Waals surface area (Å²) >= 11 is 0. The van der Waals surface area contributed by atoms with Gasteiger partial charge in [0, 0.05) is 23.0 Å². The zero-order valence-electron chi connectivity index (χ0n) is 28.6. The highest BCUT2D eigenvalue weighted by molar-refractivity contribution is 5.97. The first-order valence-electron chi connectivity index (χ1n) is 16.1. The Balaban J connectivity index is 1.75. The summed E-state index contributed by atoms with van der Waals surface area (Å²) in [6, 6.07) is 33.6. The SMILES string of the molecule is CC(C)(C)c1cc(-n2c(-c3ccccc3O)nc3c(-c4cccc(-c5ccccn5)c4)cc(C(C)(C)C)cc32)cc(C(C)(C)C)c1. The molecule has 234 valence electrons. The van der Waals surface area contributed by atoms with Gasteiger partial charge in [0.1, 0.15) is 11.6 Å². The van der Waals surface area contributed by atoms with Gasteiger partial charge in [-0.1, -0.05) is 105 Å². The number of aromatic hydroxyl groups is 1. The maximum Gasteiger partial charge on any atom is 0.149 e. The van der Waals surface area contributed by atoms with Gasteiger partial charge in [-0.3, -0.25) is 9.55 Å². The number of hydrogen-bond acceptors (Lipinski definition) is 3. The van der Waals surface area contributed by atoms with Crippen LogP contribution in [0.5, 0.6) is 5.75 Å². The number of phenolic OH excluding ortho intramolecular Hbond substituents is 1. The molecule has 6 aromatic rings. The standard InChI is InChI=1S/C42H45N3O/c1-40(2,3)29-22-30(41(4,5)6)24-32(23-29)45-36-26-31(42(7,8)9)25-34(38(36)44-39(45)33-17-10-11-19-37(33)46)27-15-14-16-28(21-27)35-18-12-13-20-43-35/h10-26,46H,1-9H3. The highest BCUT2D eigenvalue weighted by Crippen LogP contribution is 2.42. The second-order valence-corrected chi connectivity index (χ2v) is 15.5. The van der Waals surface area contributed by atoms with Gasteiger partial charge in [0.15, 0.2) is 0 Å². The van der Waals surface area contributed by atoms with E-state index < -0.39 is 0 Å². The Labute approximate surface area is 273 Å². The molecule has 1 N–H and O–H groups in total. The van der Waals surface area contributed by atoms with Gasteiger partial charge in [-0.05, 0) is 93.1 Å². The molecule has 0 aliphatic heterocycles. The minimum Gasteiger partial charge on any atom is -0.507 e. The Morgan fingerprint density at radius 2 is 1.17 bits per heavy atom. The number of nitrogens with zero attached hydrogens (tertiary/aromatic N) is 3. The van der Waals surface area contributed by atoms with Crippen LogP contribution in [-0.2, 0) is 16.2 Å². The molecule has 0 saturated carbocycles. The maximum atomic E-state index is 11.2. The average Bonchev–Trinajstić information content (AvgIpc) is 3.39. The van der Waals surface area contributed by atoms with Crippen molar-refractivity contribution >= 4 is 11.0 Å². The van der Waals surface area contributed by atoms with Crippen molar-refractivity contribution in [2.75, 3.05) is 0 Å². The third-order valence-electron chi connectivity index (χ3n) is 8.81. The summed E-state index contributed by atoms with van der Waals surface area (Å²) in [6.07, 6.45) is 1.83. The molecule has 0 spiro atoms. The van der Waals surface area contributed by atoms with Crippen LogP contribution in [0.4, 0.5) is 0 Å². The van der Waals surface area contributed by atoms with Crippen molar-refractivity contribution in [3.63, 3.8) is 0 Å². The van der Waals surface area contributed by atoms with E-state index in [-0.39, 0.29) is 22.0 Å². The molecule has 0 unspecified atom stereocenters. The summed E-state index contributed by atoms with van der Waals surface area (Å²) in [5.74, 6) is 0.920. The van der Waals surface area contributed by atoms with E-state index in [1.165, 1.54) is 16.7 Å². The fourth-order valence-corrected chi connectivity index (χ4v) is 5.92. The number of aromatic nitrogens is 3. The first kappa shape index (κ1) is 31.3. The predicted molar refractivity (Wildman–Crippen MR) is 193 cm³/mol. The van der Waals surface area contributed by atoms with Crippen LogP contribution in [0.3, 0.4) is 0 Å². The molecule has 0 radical (unpaired) electrons.